The van der Waals surface area contributed by atoms with E-state index >= 15 is 0 Å². The van der Waals surface area contributed by atoms with Gasteiger partial charge in [-0.25, -0.2) is 9.38 Å². The summed E-state index contributed by atoms with van der Waals surface area (Å²) in [4.78, 5) is 6.67. The minimum atomic E-state index is -0.219. The quantitative estimate of drug-likeness (QED) is 0.525. The van der Waals surface area contributed by atoms with E-state index in [1.807, 2.05) is 51.4 Å². The minimum Gasteiger partial charge on any atom is -0.492 e. The van der Waals surface area contributed by atoms with Crippen LogP contribution in [0, 0.1) is 5.82 Å². The first-order valence-electron chi connectivity index (χ1n) is 9.20. The lowest BCUT2D eigenvalue weighted by atomic mass is 10.2. The van der Waals surface area contributed by atoms with E-state index in [2.05, 4.69) is 20.5 Å². The van der Waals surface area contributed by atoms with Crippen molar-refractivity contribution in [2.75, 3.05) is 33.8 Å². The molecule has 0 aromatic heterocycles. The zero-order chi connectivity index (χ0) is 19.5. The summed E-state index contributed by atoms with van der Waals surface area (Å²) in [6.45, 7) is 5.14. The normalized spacial score (nSPS) is 11.5. The molecule has 0 spiro atoms. The molecule has 2 N–H and O–H groups in total. The number of likely N-dealkylation sites (N-methyl/N-ethyl adjacent to an activating group) is 1. The van der Waals surface area contributed by atoms with Gasteiger partial charge in [0.05, 0.1) is 6.54 Å². The van der Waals surface area contributed by atoms with Crippen LogP contribution in [0.4, 0.5) is 4.39 Å². The summed E-state index contributed by atoms with van der Waals surface area (Å²) in [6.07, 6.45) is 0. The second-order valence-corrected chi connectivity index (χ2v) is 6.44. The molecule has 0 saturated carbocycles. The molecule has 0 amide bonds. The van der Waals surface area contributed by atoms with Crippen molar-refractivity contribution < 1.29 is 9.13 Å². The van der Waals surface area contributed by atoms with Crippen LogP contribution in [0.25, 0.3) is 0 Å². The van der Waals surface area contributed by atoms with E-state index in [-0.39, 0.29) is 5.82 Å². The number of rotatable bonds is 9. The molecule has 2 aromatic rings. The van der Waals surface area contributed by atoms with E-state index in [4.69, 9.17) is 4.74 Å². The van der Waals surface area contributed by atoms with Crippen molar-refractivity contribution in [1.29, 1.82) is 0 Å². The maximum absolute atomic E-state index is 13.8. The monoisotopic (exact) mass is 372 g/mol. The molecule has 0 unspecified atom stereocenters. The Morgan fingerprint density at radius 1 is 1.11 bits per heavy atom. The van der Waals surface area contributed by atoms with Gasteiger partial charge in [-0.2, -0.15) is 0 Å². The van der Waals surface area contributed by atoms with Crippen molar-refractivity contribution in [3.05, 3.63) is 65.5 Å². The Balaban J connectivity index is 1.94. The summed E-state index contributed by atoms with van der Waals surface area (Å²) in [5.74, 6) is 1.27. The van der Waals surface area contributed by atoms with Crippen LogP contribution in [0.5, 0.6) is 5.75 Å². The maximum Gasteiger partial charge on any atom is 0.191 e. The van der Waals surface area contributed by atoms with E-state index in [0.29, 0.717) is 31.2 Å². The zero-order valence-electron chi connectivity index (χ0n) is 16.3. The zero-order valence-corrected chi connectivity index (χ0v) is 16.3. The number of nitrogens with zero attached hydrogens (tertiary/aromatic N) is 2. The van der Waals surface area contributed by atoms with Gasteiger partial charge in [0.1, 0.15) is 18.2 Å². The van der Waals surface area contributed by atoms with Gasteiger partial charge in [0.15, 0.2) is 5.96 Å². The van der Waals surface area contributed by atoms with Crippen LogP contribution in [-0.2, 0) is 13.1 Å². The summed E-state index contributed by atoms with van der Waals surface area (Å²) in [5, 5.41) is 6.36. The average Bonchev–Trinajstić information content (AvgIpc) is 2.65. The average molecular weight is 372 g/mol. The Kier molecular flexibility index (Phi) is 8.58. The van der Waals surface area contributed by atoms with Gasteiger partial charge in [-0.05, 0) is 44.8 Å². The molecule has 0 aliphatic rings. The van der Waals surface area contributed by atoms with Gasteiger partial charge < -0.3 is 20.3 Å². The smallest absolute Gasteiger partial charge is 0.191 e. The molecule has 0 saturated heterocycles. The van der Waals surface area contributed by atoms with Crippen molar-refractivity contribution in [2.24, 2.45) is 4.99 Å². The third-order valence-corrected chi connectivity index (χ3v) is 3.87. The maximum atomic E-state index is 13.8. The first-order valence-corrected chi connectivity index (χ1v) is 9.20. The number of ether oxygens (including phenoxy) is 1. The fourth-order valence-corrected chi connectivity index (χ4v) is 2.41. The molecule has 0 aliphatic heterocycles. The van der Waals surface area contributed by atoms with E-state index in [1.54, 1.807) is 12.1 Å². The molecule has 0 atom stereocenters. The van der Waals surface area contributed by atoms with Gasteiger partial charge >= 0.3 is 0 Å². The lowest BCUT2D eigenvalue weighted by Crippen LogP contribution is -2.37. The summed E-state index contributed by atoms with van der Waals surface area (Å²) >= 11 is 0. The Morgan fingerprint density at radius 3 is 2.67 bits per heavy atom. The fourth-order valence-electron chi connectivity index (χ4n) is 2.41. The summed E-state index contributed by atoms with van der Waals surface area (Å²) in [6, 6.07) is 14.7. The Bertz CT molecular complexity index is 734. The second kappa shape index (κ2) is 11.2. The highest BCUT2D eigenvalue weighted by Crippen LogP contribution is 2.14. The Hall–Kier alpha value is -2.60. The molecule has 0 bridgehead atoms. The highest BCUT2D eigenvalue weighted by molar-refractivity contribution is 5.79. The number of nitrogens with one attached hydrogen (secondary N) is 2. The van der Waals surface area contributed by atoms with E-state index in [0.717, 1.165) is 24.4 Å². The number of guanidine groups is 1. The topological polar surface area (TPSA) is 48.9 Å². The van der Waals surface area contributed by atoms with Gasteiger partial charge in [0.25, 0.3) is 0 Å². The largest absolute Gasteiger partial charge is 0.492 e. The van der Waals surface area contributed by atoms with Crippen LogP contribution in [0.15, 0.2) is 53.5 Å². The highest BCUT2D eigenvalue weighted by Gasteiger charge is 2.03. The molecule has 0 aliphatic carbocycles. The van der Waals surface area contributed by atoms with Crippen molar-refractivity contribution in [1.82, 2.24) is 15.5 Å². The number of halogens is 1. The van der Waals surface area contributed by atoms with E-state index in [1.165, 1.54) is 6.07 Å². The molecule has 146 valence electrons. The molecule has 0 fully saturated rings. The molecule has 2 rings (SSSR count). The van der Waals surface area contributed by atoms with Gasteiger partial charge in [-0.1, -0.05) is 30.3 Å². The summed E-state index contributed by atoms with van der Waals surface area (Å²) < 4.78 is 19.5. The van der Waals surface area contributed by atoms with Gasteiger partial charge in [0.2, 0.25) is 0 Å². The number of aliphatic imine (C=N–C) groups is 1. The van der Waals surface area contributed by atoms with Gasteiger partial charge in [-0.15, -0.1) is 0 Å². The molecule has 6 heteroatoms. The van der Waals surface area contributed by atoms with Crippen LogP contribution in [0.1, 0.15) is 18.1 Å². The number of hydrogen-bond acceptors (Lipinski definition) is 3. The van der Waals surface area contributed by atoms with Crippen molar-refractivity contribution in [3.8, 4) is 5.75 Å². The van der Waals surface area contributed by atoms with Crippen LogP contribution in [-0.4, -0.2) is 44.7 Å². The van der Waals surface area contributed by atoms with Crippen LogP contribution in [0.3, 0.4) is 0 Å². The molecule has 2 aromatic carbocycles. The predicted molar refractivity (Wildman–Crippen MR) is 109 cm³/mol. The predicted octanol–water partition coefficient (Wildman–Crippen LogP) is 3.02. The van der Waals surface area contributed by atoms with E-state index in [9.17, 15) is 4.39 Å². The fraction of sp³-hybridized carbons (Fsp3) is 0.381. The van der Waals surface area contributed by atoms with Gasteiger partial charge in [-0.3, -0.25) is 0 Å². The molecule has 27 heavy (non-hydrogen) atoms. The second-order valence-electron chi connectivity index (χ2n) is 6.44. The van der Waals surface area contributed by atoms with Crippen LogP contribution < -0.4 is 15.4 Å². The SMILES string of the molecule is CCNC(=NCc1cccc(OCCN(C)C)c1)NCc1ccccc1F. The van der Waals surface area contributed by atoms with Crippen LogP contribution >= 0.6 is 0 Å². The molecule has 5 nitrogen and oxygen atoms in total. The first kappa shape index (κ1) is 20.7. The first-order chi connectivity index (χ1) is 13.1. The van der Waals surface area contributed by atoms with Crippen molar-refractivity contribution in [2.45, 2.75) is 20.0 Å². The molecule has 0 radical (unpaired) electrons. The number of benzene rings is 2. The summed E-state index contributed by atoms with van der Waals surface area (Å²) in [7, 11) is 4.04. The lowest BCUT2D eigenvalue weighted by molar-refractivity contribution is 0.261. The standard InChI is InChI=1S/C21H29FN4O/c1-4-23-21(25-16-18-9-5-6-11-20(18)22)24-15-17-8-7-10-19(14-17)27-13-12-26(2)3/h5-11,14H,4,12-13,15-16H2,1-3H3,(H2,23,24,25). The van der Waals surface area contributed by atoms with Crippen molar-refractivity contribution >= 4 is 5.96 Å². The van der Waals surface area contributed by atoms with Crippen LogP contribution in [0.2, 0.25) is 0 Å². The van der Waals surface area contributed by atoms with Gasteiger partial charge in [0, 0.05) is 25.2 Å². The van der Waals surface area contributed by atoms with E-state index < -0.39 is 0 Å². The molecule has 0 heterocycles. The third kappa shape index (κ3) is 7.66. The number of hydrogen-bond donors (Lipinski definition) is 2. The van der Waals surface area contributed by atoms with Crippen molar-refractivity contribution in [3.63, 3.8) is 0 Å². The summed E-state index contributed by atoms with van der Waals surface area (Å²) in [5.41, 5.74) is 1.67. The molecular formula is C21H29FN4O. The third-order valence-electron chi connectivity index (χ3n) is 3.87. The minimum absolute atomic E-state index is 0.219. The molecular weight excluding hydrogens is 343 g/mol. The Morgan fingerprint density at radius 2 is 1.93 bits per heavy atom. The highest BCUT2D eigenvalue weighted by atomic mass is 19.1. The Labute approximate surface area is 161 Å². The lowest BCUT2D eigenvalue weighted by Gasteiger charge is -2.13.